The second-order valence-electron chi connectivity index (χ2n) is 7.44. The van der Waals surface area contributed by atoms with Crippen LogP contribution in [0, 0.1) is 0 Å². The average Bonchev–Trinajstić information content (AvgIpc) is 3.30. The van der Waals surface area contributed by atoms with Gasteiger partial charge in [-0.1, -0.05) is 12.1 Å². The molecular weight excluding hydrogens is 426 g/mol. The largest absolute Gasteiger partial charge is 0.454 e. The molecule has 33 heavy (non-hydrogen) atoms. The Morgan fingerprint density at radius 1 is 1.06 bits per heavy atom. The number of carbonyl (C=O) groups excluding carboxylic acids is 1. The maximum atomic E-state index is 13.0. The Labute approximate surface area is 187 Å². The summed E-state index contributed by atoms with van der Waals surface area (Å²) in [7, 11) is 0. The molecule has 4 heterocycles. The first-order valence-corrected chi connectivity index (χ1v) is 10.2. The molecule has 10 nitrogen and oxygen atoms in total. The second-order valence-corrected chi connectivity index (χ2v) is 7.44. The van der Waals surface area contributed by atoms with Crippen molar-refractivity contribution in [2.24, 2.45) is 0 Å². The molecule has 1 amide bonds. The Kier molecular flexibility index (Phi) is 5.31. The minimum absolute atomic E-state index is 0.0202. The smallest absolute Gasteiger partial charge is 0.352 e. The molecule has 3 aliphatic rings. The number of rotatable bonds is 6. The van der Waals surface area contributed by atoms with Gasteiger partial charge in [0.2, 0.25) is 12.7 Å². The summed E-state index contributed by atoms with van der Waals surface area (Å²) in [5.41, 5.74) is 0.499. The SMILES string of the molecule is O=C(Cn1cccc2c(=O)n(Cc3ccccn3)c(=O)nc1-2)NCc1ccc2c(c1)OCO2. The molecule has 0 spiro atoms. The Morgan fingerprint density at radius 3 is 2.79 bits per heavy atom. The maximum absolute atomic E-state index is 13.0. The van der Waals surface area contributed by atoms with Crippen LogP contribution >= 0.6 is 0 Å². The number of hydrogen-bond donors (Lipinski definition) is 1. The van der Waals surface area contributed by atoms with Gasteiger partial charge in [-0.25, -0.2) is 4.79 Å². The third-order valence-electron chi connectivity index (χ3n) is 5.24. The van der Waals surface area contributed by atoms with E-state index in [2.05, 4.69) is 15.3 Å². The molecule has 0 radical (unpaired) electrons. The number of amides is 1. The zero-order valence-electron chi connectivity index (χ0n) is 17.4. The zero-order chi connectivity index (χ0) is 22.8. The summed E-state index contributed by atoms with van der Waals surface area (Å²) in [6, 6.07) is 13.9. The standard InChI is InChI=1S/C23H19N5O5/c29-20(25-11-15-6-7-18-19(10-15)33-14-32-18)13-27-9-3-5-17-21(27)26-23(31)28(22(17)30)12-16-4-1-2-8-24-16/h1-10H,11-14H2,(H,25,29). The van der Waals surface area contributed by atoms with Crippen molar-refractivity contribution in [2.45, 2.75) is 19.6 Å². The van der Waals surface area contributed by atoms with Crippen molar-refractivity contribution in [3.8, 4) is 22.9 Å². The van der Waals surface area contributed by atoms with Gasteiger partial charge in [0.05, 0.1) is 17.8 Å². The van der Waals surface area contributed by atoms with Crippen molar-refractivity contribution in [2.75, 3.05) is 6.79 Å². The van der Waals surface area contributed by atoms with Gasteiger partial charge in [-0.3, -0.25) is 19.1 Å². The van der Waals surface area contributed by atoms with Gasteiger partial charge in [-0.2, -0.15) is 4.98 Å². The van der Waals surface area contributed by atoms with E-state index in [1.807, 2.05) is 12.1 Å². The van der Waals surface area contributed by atoms with E-state index in [0.717, 1.165) is 10.1 Å². The van der Waals surface area contributed by atoms with Crippen LogP contribution < -0.4 is 26.0 Å². The van der Waals surface area contributed by atoms with Crippen LogP contribution in [0.15, 0.2) is 70.5 Å². The quantitative estimate of drug-likeness (QED) is 0.470. The normalized spacial score (nSPS) is 12.1. The predicted octanol–water partition coefficient (Wildman–Crippen LogP) is 0.998. The van der Waals surface area contributed by atoms with Crippen molar-refractivity contribution in [3.63, 3.8) is 0 Å². The molecular formula is C23H19N5O5. The molecule has 0 saturated heterocycles. The monoisotopic (exact) mass is 445 g/mol. The molecule has 0 atom stereocenters. The molecule has 1 N–H and O–H groups in total. The van der Waals surface area contributed by atoms with Gasteiger partial charge in [-0.15, -0.1) is 0 Å². The lowest BCUT2D eigenvalue weighted by atomic mass is 10.2. The van der Waals surface area contributed by atoms with Crippen LogP contribution in [0.5, 0.6) is 11.5 Å². The van der Waals surface area contributed by atoms with E-state index in [-0.39, 0.29) is 43.7 Å². The third-order valence-corrected chi connectivity index (χ3v) is 5.24. The fourth-order valence-corrected chi connectivity index (χ4v) is 3.60. The van der Waals surface area contributed by atoms with Gasteiger partial charge >= 0.3 is 5.69 Å². The van der Waals surface area contributed by atoms with Gasteiger partial charge in [0, 0.05) is 18.9 Å². The molecule has 10 heteroatoms. The lowest BCUT2D eigenvalue weighted by molar-refractivity contribution is -0.121. The number of benzene rings is 1. The first-order valence-electron chi connectivity index (χ1n) is 10.2. The highest BCUT2D eigenvalue weighted by atomic mass is 16.7. The summed E-state index contributed by atoms with van der Waals surface area (Å²) < 4.78 is 13.2. The van der Waals surface area contributed by atoms with E-state index in [9.17, 15) is 14.4 Å². The number of carbonyl (C=O) groups is 1. The Balaban J connectivity index is 1.34. The summed E-state index contributed by atoms with van der Waals surface area (Å²) in [4.78, 5) is 46.3. The Morgan fingerprint density at radius 2 is 1.94 bits per heavy atom. The molecule has 0 aliphatic carbocycles. The minimum atomic E-state index is -0.695. The molecule has 0 unspecified atom stereocenters. The highest BCUT2D eigenvalue weighted by Gasteiger charge is 2.19. The summed E-state index contributed by atoms with van der Waals surface area (Å²) in [5, 5.41) is 2.82. The zero-order valence-corrected chi connectivity index (χ0v) is 17.4. The number of nitrogens with zero attached hydrogens (tertiary/aromatic N) is 4. The van der Waals surface area contributed by atoms with Gasteiger partial charge in [-0.05, 0) is 42.0 Å². The maximum Gasteiger partial charge on any atom is 0.352 e. The highest BCUT2D eigenvalue weighted by molar-refractivity contribution is 5.76. The van der Waals surface area contributed by atoms with Crippen molar-refractivity contribution in [1.29, 1.82) is 0 Å². The molecule has 3 aliphatic heterocycles. The van der Waals surface area contributed by atoms with Gasteiger partial charge in [0.15, 0.2) is 17.3 Å². The van der Waals surface area contributed by atoms with E-state index in [1.165, 1.54) is 4.57 Å². The summed E-state index contributed by atoms with van der Waals surface area (Å²) in [6.07, 6.45) is 3.20. The van der Waals surface area contributed by atoms with E-state index < -0.39 is 11.2 Å². The number of fused-ring (bicyclic) bond motifs is 2. The fraction of sp³-hybridized carbons (Fsp3) is 0.174. The van der Waals surface area contributed by atoms with Crippen LogP contribution in [-0.2, 0) is 24.4 Å². The molecule has 0 bridgehead atoms. The highest BCUT2D eigenvalue weighted by Crippen LogP contribution is 2.32. The second kappa shape index (κ2) is 8.58. The van der Waals surface area contributed by atoms with Crippen molar-refractivity contribution < 1.29 is 14.3 Å². The summed E-state index contributed by atoms with van der Waals surface area (Å²) in [6.45, 7) is 0.392. The van der Waals surface area contributed by atoms with Crippen LogP contribution in [0.2, 0.25) is 0 Å². The number of pyridine rings is 2. The van der Waals surface area contributed by atoms with Gasteiger partial charge in [0.25, 0.3) is 5.56 Å². The Hall–Kier alpha value is -4.47. The van der Waals surface area contributed by atoms with Gasteiger partial charge < -0.3 is 19.4 Å². The molecule has 1 aromatic carbocycles. The van der Waals surface area contributed by atoms with Crippen LogP contribution in [0.3, 0.4) is 0 Å². The molecule has 0 saturated carbocycles. The summed E-state index contributed by atoms with van der Waals surface area (Å²) in [5.74, 6) is 1.17. The molecule has 5 rings (SSSR count). The first kappa shape index (κ1) is 20.4. The van der Waals surface area contributed by atoms with Crippen LogP contribution in [0.25, 0.3) is 11.4 Å². The Bertz CT molecular complexity index is 1410. The van der Waals surface area contributed by atoms with E-state index >= 15 is 0 Å². The van der Waals surface area contributed by atoms with Crippen LogP contribution in [-0.4, -0.2) is 31.8 Å². The van der Waals surface area contributed by atoms with Crippen LogP contribution in [0.1, 0.15) is 11.3 Å². The molecule has 0 fully saturated rings. The fourth-order valence-electron chi connectivity index (χ4n) is 3.60. The topological polar surface area (TPSA) is 117 Å². The lowest BCUT2D eigenvalue weighted by Crippen LogP contribution is -2.39. The number of nitrogens with one attached hydrogen (secondary N) is 1. The number of hydrogen-bond acceptors (Lipinski definition) is 7. The van der Waals surface area contributed by atoms with E-state index in [1.54, 1.807) is 48.8 Å². The van der Waals surface area contributed by atoms with Gasteiger partial charge in [0.1, 0.15) is 6.54 Å². The van der Waals surface area contributed by atoms with Crippen molar-refractivity contribution >= 4 is 5.91 Å². The molecule has 2 aromatic rings. The minimum Gasteiger partial charge on any atom is -0.454 e. The number of ether oxygens (including phenoxy) is 2. The predicted molar refractivity (Wildman–Crippen MR) is 117 cm³/mol. The number of aromatic nitrogens is 4. The third kappa shape index (κ3) is 4.18. The molecule has 1 aromatic heterocycles. The lowest BCUT2D eigenvalue weighted by Gasteiger charge is -2.15. The van der Waals surface area contributed by atoms with Crippen molar-refractivity contribution in [3.05, 3.63) is 93.0 Å². The van der Waals surface area contributed by atoms with Crippen molar-refractivity contribution in [1.82, 2.24) is 24.4 Å². The first-order chi connectivity index (χ1) is 16.1. The van der Waals surface area contributed by atoms with E-state index in [4.69, 9.17) is 9.47 Å². The summed E-state index contributed by atoms with van der Waals surface area (Å²) >= 11 is 0. The van der Waals surface area contributed by atoms with E-state index in [0.29, 0.717) is 17.2 Å². The average molecular weight is 445 g/mol. The molecule has 166 valence electrons. The van der Waals surface area contributed by atoms with Crippen LogP contribution in [0.4, 0.5) is 0 Å².